The second-order valence-electron chi connectivity index (χ2n) is 4.81. The summed E-state index contributed by atoms with van der Waals surface area (Å²) in [5, 5.41) is 0. The largest absolute Gasteiger partial charge is 0.376 e. The molecule has 2 rings (SSSR count). The smallest absolute Gasteiger partial charge is 0.191 e. The van der Waals surface area contributed by atoms with E-state index in [1.165, 1.54) is 19.3 Å². The molecule has 1 aliphatic carbocycles. The van der Waals surface area contributed by atoms with Crippen LogP contribution in [0.3, 0.4) is 0 Å². The third-order valence-corrected chi connectivity index (χ3v) is 3.64. The first-order chi connectivity index (χ1) is 7.15. The maximum absolute atomic E-state index is 5.88. The fourth-order valence-electron chi connectivity index (χ4n) is 1.94. The van der Waals surface area contributed by atoms with E-state index in [9.17, 15) is 0 Å². The van der Waals surface area contributed by atoms with E-state index >= 15 is 0 Å². The van der Waals surface area contributed by atoms with Gasteiger partial charge in [-0.3, -0.25) is 4.99 Å². The van der Waals surface area contributed by atoms with E-state index in [1.54, 1.807) is 7.11 Å². The molecular formula is C11H21N3O. The van der Waals surface area contributed by atoms with Gasteiger partial charge in [-0.2, -0.15) is 0 Å². The van der Waals surface area contributed by atoms with Crippen molar-refractivity contribution in [1.82, 2.24) is 4.90 Å². The number of nitrogens with zero attached hydrogens (tertiary/aromatic N) is 2. The summed E-state index contributed by atoms with van der Waals surface area (Å²) in [6.07, 6.45) is 3.77. The number of hydrogen-bond donors (Lipinski definition) is 1. The Hall–Kier alpha value is -0.770. The Morgan fingerprint density at radius 3 is 2.60 bits per heavy atom. The fourth-order valence-corrected chi connectivity index (χ4v) is 1.94. The lowest BCUT2D eigenvalue weighted by Gasteiger charge is -2.33. The first-order valence-electron chi connectivity index (χ1n) is 5.76. The van der Waals surface area contributed by atoms with Gasteiger partial charge in [-0.25, -0.2) is 0 Å². The number of guanidine groups is 1. The molecule has 0 aromatic rings. The third kappa shape index (κ3) is 2.25. The van der Waals surface area contributed by atoms with Crippen LogP contribution >= 0.6 is 0 Å². The molecule has 0 aromatic carbocycles. The topological polar surface area (TPSA) is 50.9 Å². The van der Waals surface area contributed by atoms with Gasteiger partial charge in [0, 0.05) is 20.2 Å². The van der Waals surface area contributed by atoms with Crippen molar-refractivity contribution in [2.24, 2.45) is 16.6 Å². The van der Waals surface area contributed by atoms with Crippen molar-refractivity contribution >= 4 is 5.96 Å². The van der Waals surface area contributed by atoms with Gasteiger partial charge < -0.3 is 15.4 Å². The fraction of sp³-hybridized carbons (Fsp3) is 0.909. The molecule has 4 heteroatoms. The third-order valence-electron chi connectivity index (χ3n) is 3.64. The van der Waals surface area contributed by atoms with Crippen LogP contribution in [0, 0.1) is 5.92 Å². The molecule has 2 N–H and O–H groups in total. The molecular weight excluding hydrogens is 190 g/mol. The molecule has 1 atom stereocenters. The summed E-state index contributed by atoms with van der Waals surface area (Å²) in [6, 6.07) is 0. The van der Waals surface area contributed by atoms with Crippen molar-refractivity contribution in [3.63, 3.8) is 0 Å². The van der Waals surface area contributed by atoms with Gasteiger partial charge in [-0.05, 0) is 32.1 Å². The van der Waals surface area contributed by atoms with Crippen molar-refractivity contribution in [2.75, 3.05) is 26.7 Å². The minimum atomic E-state index is -0.102. The van der Waals surface area contributed by atoms with Crippen LogP contribution in [0.15, 0.2) is 4.99 Å². The number of rotatable bonds is 4. The molecule has 4 nitrogen and oxygen atoms in total. The van der Waals surface area contributed by atoms with Gasteiger partial charge in [0.15, 0.2) is 5.96 Å². The van der Waals surface area contributed by atoms with E-state index < -0.39 is 0 Å². The zero-order valence-electron chi connectivity index (χ0n) is 9.70. The molecule has 0 spiro atoms. The Labute approximate surface area is 91.5 Å². The zero-order valence-corrected chi connectivity index (χ0v) is 9.70. The second-order valence-corrected chi connectivity index (χ2v) is 4.81. The number of methoxy groups -OCH3 is 1. The number of aliphatic imine (C=N–C) groups is 1. The summed E-state index contributed by atoms with van der Waals surface area (Å²) in [4.78, 5) is 6.56. The molecule has 1 heterocycles. The highest BCUT2D eigenvalue weighted by Gasteiger charge is 2.41. The predicted molar refractivity (Wildman–Crippen MR) is 60.8 cm³/mol. The van der Waals surface area contributed by atoms with Crippen LogP contribution in [0.1, 0.15) is 26.2 Å². The predicted octanol–water partition coefficient (Wildman–Crippen LogP) is 0.822. The summed E-state index contributed by atoms with van der Waals surface area (Å²) >= 11 is 0. The minimum Gasteiger partial charge on any atom is -0.376 e. The lowest BCUT2D eigenvalue weighted by Crippen LogP contribution is -2.47. The average Bonchev–Trinajstić information content (AvgIpc) is 2.94. The lowest BCUT2D eigenvalue weighted by atomic mass is 10.0. The molecule has 1 saturated carbocycles. The van der Waals surface area contributed by atoms with E-state index in [1.807, 2.05) is 0 Å². The second kappa shape index (κ2) is 4.00. The monoisotopic (exact) mass is 211 g/mol. The molecule has 0 aromatic heterocycles. The average molecular weight is 211 g/mol. The van der Waals surface area contributed by atoms with Gasteiger partial charge in [0.2, 0.25) is 0 Å². The molecule has 2 aliphatic rings. The van der Waals surface area contributed by atoms with Gasteiger partial charge in [0.05, 0.1) is 12.1 Å². The number of ether oxygens (including phenoxy) is 1. The van der Waals surface area contributed by atoms with Gasteiger partial charge in [0.1, 0.15) is 0 Å². The summed E-state index contributed by atoms with van der Waals surface area (Å²) in [5.41, 5.74) is 5.78. The lowest BCUT2D eigenvalue weighted by molar-refractivity contribution is -0.00495. The van der Waals surface area contributed by atoms with Crippen molar-refractivity contribution in [1.29, 1.82) is 0 Å². The van der Waals surface area contributed by atoms with Gasteiger partial charge in [-0.15, -0.1) is 0 Å². The molecule has 0 radical (unpaired) electrons. The summed E-state index contributed by atoms with van der Waals surface area (Å²) < 4.78 is 5.56. The SMILES string of the molecule is COC(C)(CN=C(N)N1CCC1)C1CC1. The molecule has 1 unspecified atom stereocenters. The summed E-state index contributed by atoms with van der Waals surface area (Å²) in [6.45, 7) is 4.94. The Bertz CT molecular complexity index is 259. The van der Waals surface area contributed by atoms with Crippen molar-refractivity contribution < 1.29 is 4.74 Å². The van der Waals surface area contributed by atoms with Gasteiger partial charge >= 0.3 is 0 Å². The molecule has 2 fully saturated rings. The van der Waals surface area contributed by atoms with Crippen LogP contribution in [0.5, 0.6) is 0 Å². The van der Waals surface area contributed by atoms with Crippen LogP contribution in [-0.4, -0.2) is 43.2 Å². The van der Waals surface area contributed by atoms with E-state index in [0.29, 0.717) is 18.4 Å². The van der Waals surface area contributed by atoms with Crippen molar-refractivity contribution in [3.05, 3.63) is 0 Å². The Morgan fingerprint density at radius 1 is 1.53 bits per heavy atom. The van der Waals surface area contributed by atoms with Crippen LogP contribution in [-0.2, 0) is 4.74 Å². The van der Waals surface area contributed by atoms with Gasteiger partial charge in [0.25, 0.3) is 0 Å². The molecule has 1 aliphatic heterocycles. The Balaban J connectivity index is 1.88. The van der Waals surface area contributed by atoms with Crippen molar-refractivity contribution in [2.45, 2.75) is 31.8 Å². The number of nitrogens with two attached hydrogens (primary N) is 1. The Kier molecular flexibility index (Phi) is 2.87. The maximum atomic E-state index is 5.88. The number of hydrogen-bond acceptors (Lipinski definition) is 2. The molecule has 15 heavy (non-hydrogen) atoms. The highest BCUT2D eigenvalue weighted by molar-refractivity contribution is 5.78. The molecule has 0 amide bonds. The van der Waals surface area contributed by atoms with E-state index in [0.717, 1.165) is 13.1 Å². The highest BCUT2D eigenvalue weighted by Crippen LogP contribution is 2.41. The normalized spacial score (nSPS) is 26.0. The number of likely N-dealkylation sites (tertiary alicyclic amines) is 1. The maximum Gasteiger partial charge on any atom is 0.191 e. The highest BCUT2D eigenvalue weighted by atomic mass is 16.5. The minimum absolute atomic E-state index is 0.102. The van der Waals surface area contributed by atoms with Crippen LogP contribution < -0.4 is 5.73 Å². The summed E-state index contributed by atoms with van der Waals surface area (Å²) in [5.74, 6) is 1.36. The Morgan fingerprint density at radius 2 is 2.20 bits per heavy atom. The van der Waals surface area contributed by atoms with Crippen LogP contribution in [0.2, 0.25) is 0 Å². The first kappa shape index (κ1) is 10.7. The van der Waals surface area contributed by atoms with Crippen LogP contribution in [0.25, 0.3) is 0 Å². The van der Waals surface area contributed by atoms with Gasteiger partial charge in [-0.1, -0.05) is 0 Å². The quantitative estimate of drug-likeness (QED) is 0.553. The van der Waals surface area contributed by atoms with Crippen LogP contribution in [0.4, 0.5) is 0 Å². The van der Waals surface area contributed by atoms with E-state index in [4.69, 9.17) is 10.5 Å². The summed E-state index contributed by atoms with van der Waals surface area (Å²) in [7, 11) is 1.77. The standard InChI is InChI=1S/C11H21N3O/c1-11(15-2,9-4-5-9)8-13-10(12)14-6-3-7-14/h9H,3-8H2,1-2H3,(H2,12,13). The molecule has 0 bridgehead atoms. The van der Waals surface area contributed by atoms with Crippen molar-refractivity contribution in [3.8, 4) is 0 Å². The van der Waals surface area contributed by atoms with E-state index in [-0.39, 0.29) is 5.60 Å². The molecule has 86 valence electrons. The molecule has 1 saturated heterocycles. The zero-order chi connectivity index (χ0) is 10.9. The first-order valence-corrected chi connectivity index (χ1v) is 5.76. The van der Waals surface area contributed by atoms with E-state index in [2.05, 4.69) is 16.8 Å².